The summed E-state index contributed by atoms with van der Waals surface area (Å²) in [7, 11) is 0. The van der Waals surface area contributed by atoms with E-state index in [2.05, 4.69) is 39.2 Å². The maximum Gasteiger partial charge on any atom is 0.165 e. The SMILES string of the molecule is Nc1ncnc2c1ncn2[C@H]1CO[C@H](COCc2ccccc2)[C@@H](OCc2ccccc2)C1. The first-order chi connectivity index (χ1) is 16.3. The summed E-state index contributed by atoms with van der Waals surface area (Å²) in [6.45, 7) is 2.02. The normalized spacial score (nSPS) is 20.8. The summed E-state index contributed by atoms with van der Waals surface area (Å²) < 4.78 is 20.6. The molecule has 0 unspecified atom stereocenters. The second kappa shape index (κ2) is 10.1. The molecule has 0 amide bonds. The number of ether oxygens (including phenoxy) is 3. The van der Waals surface area contributed by atoms with Crippen molar-refractivity contribution < 1.29 is 14.2 Å². The van der Waals surface area contributed by atoms with E-state index in [1.54, 1.807) is 6.33 Å². The van der Waals surface area contributed by atoms with Crippen molar-refractivity contribution in [3.8, 4) is 0 Å². The van der Waals surface area contributed by atoms with Crippen molar-refractivity contribution in [2.45, 2.75) is 37.9 Å². The molecule has 0 saturated carbocycles. The smallest absolute Gasteiger partial charge is 0.165 e. The van der Waals surface area contributed by atoms with Gasteiger partial charge in [0.05, 0.1) is 44.9 Å². The summed E-state index contributed by atoms with van der Waals surface area (Å²) in [5.74, 6) is 0.375. The van der Waals surface area contributed by atoms with Gasteiger partial charge in [0, 0.05) is 0 Å². The van der Waals surface area contributed by atoms with E-state index in [9.17, 15) is 0 Å². The van der Waals surface area contributed by atoms with E-state index in [0.717, 1.165) is 17.5 Å². The second-order valence-electron chi connectivity index (χ2n) is 8.18. The standard InChI is InChI=1S/C25H27N5O3/c26-24-23-25(28-16-27-24)30(17-29-23)20-11-21(32-13-19-9-5-2-6-10-19)22(33-14-20)15-31-12-18-7-3-1-4-8-18/h1-10,16-17,20-22H,11-15H2,(H2,26,27,28)/t20-,21+,22-/m1/s1. The van der Waals surface area contributed by atoms with Gasteiger partial charge in [-0.2, -0.15) is 0 Å². The van der Waals surface area contributed by atoms with Gasteiger partial charge in [0.1, 0.15) is 17.9 Å². The van der Waals surface area contributed by atoms with Crippen LogP contribution in [-0.4, -0.2) is 44.9 Å². The third-order valence-electron chi connectivity index (χ3n) is 5.90. The average Bonchev–Trinajstić information content (AvgIpc) is 3.30. The zero-order valence-corrected chi connectivity index (χ0v) is 18.3. The summed E-state index contributed by atoms with van der Waals surface area (Å²) >= 11 is 0. The van der Waals surface area contributed by atoms with Crippen LogP contribution in [-0.2, 0) is 27.4 Å². The number of nitrogen functional groups attached to an aromatic ring is 1. The molecule has 1 saturated heterocycles. The molecule has 0 bridgehead atoms. The third-order valence-corrected chi connectivity index (χ3v) is 5.90. The number of anilines is 1. The van der Waals surface area contributed by atoms with Crippen LogP contribution >= 0.6 is 0 Å². The summed E-state index contributed by atoms with van der Waals surface area (Å²) in [5, 5.41) is 0. The Hall–Kier alpha value is -3.33. The minimum absolute atomic E-state index is 0.0236. The van der Waals surface area contributed by atoms with Gasteiger partial charge in [0.25, 0.3) is 0 Å². The fourth-order valence-corrected chi connectivity index (χ4v) is 4.14. The van der Waals surface area contributed by atoms with Gasteiger partial charge in [-0.15, -0.1) is 0 Å². The first-order valence-corrected chi connectivity index (χ1v) is 11.1. The topological polar surface area (TPSA) is 97.3 Å². The van der Waals surface area contributed by atoms with E-state index in [4.69, 9.17) is 19.9 Å². The quantitative estimate of drug-likeness (QED) is 0.443. The van der Waals surface area contributed by atoms with Crippen molar-refractivity contribution in [2.24, 2.45) is 0 Å². The van der Waals surface area contributed by atoms with Crippen molar-refractivity contribution in [1.29, 1.82) is 0 Å². The van der Waals surface area contributed by atoms with Gasteiger partial charge in [-0.1, -0.05) is 60.7 Å². The van der Waals surface area contributed by atoms with Gasteiger partial charge in [-0.05, 0) is 17.5 Å². The number of hydrogen-bond donors (Lipinski definition) is 1. The number of nitrogens with zero attached hydrogens (tertiary/aromatic N) is 4. The summed E-state index contributed by atoms with van der Waals surface area (Å²) in [5.41, 5.74) is 9.53. The number of fused-ring (bicyclic) bond motifs is 1. The molecule has 0 radical (unpaired) electrons. The average molecular weight is 446 g/mol. The molecule has 4 aromatic rings. The molecule has 8 heteroatoms. The highest BCUT2D eigenvalue weighted by atomic mass is 16.6. The minimum atomic E-state index is -0.164. The second-order valence-corrected chi connectivity index (χ2v) is 8.18. The fourth-order valence-electron chi connectivity index (χ4n) is 4.14. The highest BCUT2D eigenvalue weighted by Crippen LogP contribution is 2.30. The summed E-state index contributed by atoms with van der Waals surface area (Å²) in [4.78, 5) is 12.8. The van der Waals surface area contributed by atoms with Crippen LogP contribution in [0.15, 0.2) is 73.3 Å². The van der Waals surface area contributed by atoms with Crippen LogP contribution in [0.2, 0.25) is 0 Å². The molecule has 3 heterocycles. The Morgan fingerprint density at radius 2 is 1.67 bits per heavy atom. The van der Waals surface area contributed by atoms with Crippen LogP contribution in [0.4, 0.5) is 5.82 Å². The Balaban J connectivity index is 1.29. The zero-order chi connectivity index (χ0) is 22.5. The first kappa shape index (κ1) is 21.5. The maximum atomic E-state index is 6.35. The Labute approximate surface area is 192 Å². The van der Waals surface area contributed by atoms with Crippen molar-refractivity contribution in [3.05, 3.63) is 84.4 Å². The molecule has 2 aromatic carbocycles. The number of benzene rings is 2. The molecule has 1 aliphatic rings. The lowest BCUT2D eigenvalue weighted by Gasteiger charge is -2.36. The lowest BCUT2D eigenvalue weighted by Crippen LogP contribution is -2.43. The third kappa shape index (κ3) is 5.03. The molecule has 1 aliphatic heterocycles. The predicted molar refractivity (Wildman–Crippen MR) is 124 cm³/mol. The van der Waals surface area contributed by atoms with Crippen LogP contribution in [0.25, 0.3) is 11.2 Å². The van der Waals surface area contributed by atoms with Crippen LogP contribution in [0.5, 0.6) is 0 Å². The molecule has 5 rings (SSSR count). The Morgan fingerprint density at radius 3 is 2.42 bits per heavy atom. The molecule has 3 atom stereocenters. The van der Waals surface area contributed by atoms with Gasteiger partial charge in [-0.25, -0.2) is 15.0 Å². The molecule has 2 aromatic heterocycles. The Bertz CT molecular complexity index is 1170. The summed E-state index contributed by atoms with van der Waals surface area (Å²) in [6.07, 6.45) is 3.66. The van der Waals surface area contributed by atoms with E-state index in [-0.39, 0.29) is 18.2 Å². The van der Waals surface area contributed by atoms with Gasteiger partial charge in [0.2, 0.25) is 0 Å². The highest BCUT2D eigenvalue weighted by molar-refractivity contribution is 5.81. The van der Waals surface area contributed by atoms with E-state index in [0.29, 0.717) is 43.4 Å². The molecule has 0 aliphatic carbocycles. The summed E-state index contributed by atoms with van der Waals surface area (Å²) in [6, 6.07) is 20.3. The number of hydrogen-bond acceptors (Lipinski definition) is 7. The fraction of sp³-hybridized carbons (Fsp3) is 0.320. The molecule has 170 valence electrons. The molecule has 1 fully saturated rings. The van der Waals surface area contributed by atoms with E-state index in [1.807, 2.05) is 41.0 Å². The van der Waals surface area contributed by atoms with E-state index >= 15 is 0 Å². The van der Waals surface area contributed by atoms with Gasteiger partial charge >= 0.3 is 0 Å². The van der Waals surface area contributed by atoms with Crippen LogP contribution in [0, 0.1) is 0 Å². The number of imidazole rings is 1. The minimum Gasteiger partial charge on any atom is -0.382 e. The van der Waals surface area contributed by atoms with Crippen molar-refractivity contribution in [2.75, 3.05) is 18.9 Å². The Morgan fingerprint density at radius 1 is 0.939 bits per heavy atom. The van der Waals surface area contributed by atoms with Crippen molar-refractivity contribution >= 4 is 17.0 Å². The molecule has 33 heavy (non-hydrogen) atoms. The molecular weight excluding hydrogens is 418 g/mol. The highest BCUT2D eigenvalue weighted by Gasteiger charge is 2.34. The molecule has 0 spiro atoms. The number of nitrogens with two attached hydrogens (primary N) is 1. The molecular formula is C25H27N5O3. The molecule has 8 nitrogen and oxygen atoms in total. The van der Waals surface area contributed by atoms with E-state index in [1.165, 1.54) is 6.33 Å². The van der Waals surface area contributed by atoms with Crippen LogP contribution in [0.3, 0.4) is 0 Å². The monoisotopic (exact) mass is 445 g/mol. The lowest BCUT2D eigenvalue weighted by molar-refractivity contribution is -0.150. The maximum absolute atomic E-state index is 6.35. The largest absolute Gasteiger partial charge is 0.382 e. The number of aromatic nitrogens is 4. The van der Waals surface area contributed by atoms with Gasteiger partial charge < -0.3 is 24.5 Å². The predicted octanol–water partition coefficient (Wildman–Crippen LogP) is 3.54. The van der Waals surface area contributed by atoms with Crippen LogP contribution in [0.1, 0.15) is 23.6 Å². The van der Waals surface area contributed by atoms with Crippen molar-refractivity contribution in [1.82, 2.24) is 19.5 Å². The van der Waals surface area contributed by atoms with Crippen molar-refractivity contribution in [3.63, 3.8) is 0 Å². The lowest BCUT2D eigenvalue weighted by atomic mass is 10.0. The molecule has 2 N–H and O–H groups in total. The van der Waals surface area contributed by atoms with E-state index < -0.39 is 0 Å². The number of rotatable bonds is 8. The Kier molecular flexibility index (Phi) is 6.57. The van der Waals surface area contributed by atoms with Crippen LogP contribution < -0.4 is 5.73 Å². The first-order valence-electron chi connectivity index (χ1n) is 11.1. The van der Waals surface area contributed by atoms with Gasteiger partial charge in [0.15, 0.2) is 11.5 Å². The van der Waals surface area contributed by atoms with Gasteiger partial charge in [-0.3, -0.25) is 0 Å². The zero-order valence-electron chi connectivity index (χ0n) is 18.3.